The minimum Gasteiger partial charge on any atom is -0.315 e. The number of hydrogen-bond acceptors (Lipinski definition) is 3. The van der Waals surface area contributed by atoms with Crippen molar-refractivity contribution in [1.82, 2.24) is 9.55 Å². The average Bonchev–Trinajstić information content (AvgIpc) is 2.98. The summed E-state index contributed by atoms with van der Waals surface area (Å²) in [4.78, 5) is 15.9. The van der Waals surface area contributed by atoms with Crippen LogP contribution >= 0.6 is 11.8 Å². The monoisotopic (exact) mass is 272 g/mol. The Labute approximate surface area is 117 Å². The summed E-state index contributed by atoms with van der Waals surface area (Å²) >= 11 is 1.71. The summed E-state index contributed by atoms with van der Waals surface area (Å²) in [6, 6.07) is 8.36. The smallest absolute Gasteiger partial charge is 0.169 e. The van der Waals surface area contributed by atoms with E-state index < -0.39 is 0 Å². The summed E-state index contributed by atoms with van der Waals surface area (Å²) in [6.07, 6.45) is 0.925. The molecular weight excluding hydrogens is 256 g/mol. The first-order valence-corrected chi connectivity index (χ1v) is 7.48. The molecule has 0 amide bonds. The molecule has 1 aromatic carbocycles. The number of benzene rings is 1. The molecule has 98 valence electrons. The predicted molar refractivity (Wildman–Crippen MR) is 77.9 cm³/mol. The maximum Gasteiger partial charge on any atom is 0.169 e. The highest BCUT2D eigenvalue weighted by molar-refractivity contribution is 7.99. The van der Waals surface area contributed by atoms with Crippen LogP contribution in [0, 0.1) is 0 Å². The third kappa shape index (κ3) is 2.10. The average molecular weight is 272 g/mol. The zero-order valence-corrected chi connectivity index (χ0v) is 11.9. The lowest BCUT2D eigenvalue weighted by Crippen LogP contribution is -2.00. The molecule has 2 heterocycles. The number of aromatic nitrogens is 2. The first kappa shape index (κ1) is 12.5. The highest BCUT2D eigenvalue weighted by Crippen LogP contribution is 2.32. The minimum absolute atomic E-state index is 0.516. The van der Waals surface area contributed by atoms with Crippen molar-refractivity contribution in [1.29, 1.82) is 0 Å². The fraction of sp³-hybridized carbons (Fsp3) is 0.333. The molecule has 0 aliphatic carbocycles. The van der Waals surface area contributed by atoms with Gasteiger partial charge < -0.3 is 4.57 Å². The molecule has 3 nitrogen and oxygen atoms in total. The minimum atomic E-state index is 0.516. The molecule has 0 atom stereocenters. The normalized spacial score (nSPS) is 13.8. The third-order valence-electron chi connectivity index (χ3n) is 3.48. The molecule has 19 heavy (non-hydrogen) atoms. The standard InChI is InChI=1S/C15H16N2OS/c1-10(2)11-3-5-12(6-4-11)14-13(9-18)17-7-8-19-15(17)16-14/h3-6,9-10H,7-8H2,1-2H3. The van der Waals surface area contributed by atoms with E-state index >= 15 is 0 Å². The number of carbonyl (C=O) groups is 1. The van der Waals surface area contributed by atoms with Gasteiger partial charge in [-0.1, -0.05) is 49.9 Å². The topological polar surface area (TPSA) is 34.9 Å². The van der Waals surface area contributed by atoms with Crippen LogP contribution in [0.2, 0.25) is 0 Å². The van der Waals surface area contributed by atoms with Crippen molar-refractivity contribution in [3.05, 3.63) is 35.5 Å². The SMILES string of the molecule is CC(C)c1ccc(-c2nc3n(c2C=O)CCS3)cc1. The van der Waals surface area contributed by atoms with Gasteiger partial charge in [0.25, 0.3) is 0 Å². The van der Waals surface area contributed by atoms with Crippen LogP contribution in [0.25, 0.3) is 11.3 Å². The second kappa shape index (κ2) is 4.85. The number of rotatable bonds is 3. The first-order chi connectivity index (χ1) is 9.20. The third-order valence-corrected chi connectivity index (χ3v) is 4.44. The Morgan fingerprint density at radius 1 is 1.32 bits per heavy atom. The van der Waals surface area contributed by atoms with Crippen LogP contribution in [0.3, 0.4) is 0 Å². The highest BCUT2D eigenvalue weighted by atomic mass is 32.2. The Hall–Kier alpha value is -1.55. The summed E-state index contributed by atoms with van der Waals surface area (Å²) in [5, 5.41) is 0.963. The van der Waals surface area contributed by atoms with Crippen molar-refractivity contribution in [2.45, 2.75) is 31.5 Å². The fourth-order valence-corrected chi connectivity index (χ4v) is 3.31. The quantitative estimate of drug-likeness (QED) is 0.801. The van der Waals surface area contributed by atoms with E-state index in [-0.39, 0.29) is 0 Å². The van der Waals surface area contributed by atoms with Crippen LogP contribution in [-0.4, -0.2) is 21.6 Å². The van der Waals surface area contributed by atoms with Crippen LogP contribution in [-0.2, 0) is 6.54 Å². The van der Waals surface area contributed by atoms with Crippen molar-refractivity contribution in [3.8, 4) is 11.3 Å². The Morgan fingerprint density at radius 2 is 2.05 bits per heavy atom. The van der Waals surface area contributed by atoms with E-state index in [1.54, 1.807) is 11.8 Å². The molecule has 3 rings (SSSR count). The molecule has 1 aliphatic heterocycles. The van der Waals surface area contributed by atoms with E-state index in [1.165, 1.54) is 5.56 Å². The molecule has 1 aromatic heterocycles. The van der Waals surface area contributed by atoms with Gasteiger partial charge in [0.15, 0.2) is 11.4 Å². The predicted octanol–water partition coefficient (Wildman–Crippen LogP) is 3.59. The number of hydrogen-bond donors (Lipinski definition) is 0. The van der Waals surface area contributed by atoms with E-state index in [0.717, 1.165) is 35.0 Å². The van der Waals surface area contributed by atoms with Crippen molar-refractivity contribution in [2.75, 3.05) is 5.75 Å². The molecule has 0 saturated heterocycles. The van der Waals surface area contributed by atoms with Gasteiger partial charge >= 0.3 is 0 Å². The van der Waals surface area contributed by atoms with Gasteiger partial charge in [-0.25, -0.2) is 4.98 Å². The van der Waals surface area contributed by atoms with Gasteiger partial charge in [-0.2, -0.15) is 0 Å². The van der Waals surface area contributed by atoms with E-state index in [0.29, 0.717) is 11.6 Å². The zero-order valence-electron chi connectivity index (χ0n) is 11.1. The number of imidazole rings is 1. The number of aldehydes is 1. The van der Waals surface area contributed by atoms with Gasteiger partial charge in [-0.05, 0) is 11.5 Å². The molecular formula is C15H16N2OS. The van der Waals surface area contributed by atoms with Crippen molar-refractivity contribution in [3.63, 3.8) is 0 Å². The van der Waals surface area contributed by atoms with E-state index in [1.807, 2.05) is 4.57 Å². The Balaban J connectivity index is 2.05. The van der Waals surface area contributed by atoms with Crippen LogP contribution in [0.1, 0.15) is 35.8 Å². The van der Waals surface area contributed by atoms with Gasteiger partial charge in [-0.15, -0.1) is 0 Å². The van der Waals surface area contributed by atoms with Gasteiger partial charge in [0.1, 0.15) is 11.4 Å². The van der Waals surface area contributed by atoms with Crippen LogP contribution in [0.15, 0.2) is 29.4 Å². The van der Waals surface area contributed by atoms with E-state index in [9.17, 15) is 4.79 Å². The Kier molecular flexibility index (Phi) is 3.19. The number of thioether (sulfide) groups is 1. The van der Waals surface area contributed by atoms with E-state index in [2.05, 4.69) is 43.1 Å². The molecule has 0 N–H and O–H groups in total. The summed E-state index contributed by atoms with van der Waals surface area (Å²) in [6.45, 7) is 5.23. The molecule has 2 aromatic rings. The van der Waals surface area contributed by atoms with Crippen molar-refractivity contribution in [2.24, 2.45) is 0 Å². The molecule has 0 bridgehead atoms. The molecule has 1 aliphatic rings. The molecule has 0 unspecified atom stereocenters. The van der Waals surface area contributed by atoms with Crippen LogP contribution < -0.4 is 0 Å². The van der Waals surface area contributed by atoms with Gasteiger partial charge in [0, 0.05) is 17.9 Å². The highest BCUT2D eigenvalue weighted by Gasteiger charge is 2.22. The summed E-state index contributed by atoms with van der Waals surface area (Å²) in [5.41, 5.74) is 3.84. The Morgan fingerprint density at radius 3 is 2.68 bits per heavy atom. The molecule has 0 saturated carbocycles. The van der Waals surface area contributed by atoms with Crippen molar-refractivity contribution >= 4 is 18.0 Å². The second-order valence-electron chi connectivity index (χ2n) is 5.02. The molecule has 0 spiro atoms. The fourth-order valence-electron chi connectivity index (χ4n) is 2.36. The number of fused-ring (bicyclic) bond motifs is 1. The first-order valence-electron chi connectivity index (χ1n) is 6.49. The van der Waals surface area contributed by atoms with Crippen LogP contribution in [0.5, 0.6) is 0 Å². The largest absolute Gasteiger partial charge is 0.315 e. The lowest BCUT2D eigenvalue weighted by Gasteiger charge is -2.06. The van der Waals surface area contributed by atoms with E-state index in [4.69, 9.17) is 0 Å². The number of carbonyl (C=O) groups excluding carboxylic acids is 1. The van der Waals surface area contributed by atoms with Crippen molar-refractivity contribution < 1.29 is 4.79 Å². The molecule has 0 fully saturated rings. The summed E-state index contributed by atoms with van der Waals surface area (Å²) in [5.74, 6) is 1.53. The lowest BCUT2D eigenvalue weighted by molar-refractivity contribution is 0.111. The summed E-state index contributed by atoms with van der Waals surface area (Å²) < 4.78 is 2.02. The second-order valence-corrected chi connectivity index (χ2v) is 6.08. The molecule has 4 heteroatoms. The number of nitrogens with zero attached hydrogens (tertiary/aromatic N) is 2. The molecule has 0 radical (unpaired) electrons. The zero-order chi connectivity index (χ0) is 13.4. The van der Waals surface area contributed by atoms with Crippen LogP contribution in [0.4, 0.5) is 0 Å². The Bertz CT molecular complexity index is 614. The lowest BCUT2D eigenvalue weighted by atomic mass is 10.0. The van der Waals surface area contributed by atoms with Gasteiger partial charge in [0.2, 0.25) is 0 Å². The van der Waals surface area contributed by atoms with Gasteiger partial charge in [-0.3, -0.25) is 4.79 Å². The maximum absolute atomic E-state index is 11.3. The van der Waals surface area contributed by atoms with Gasteiger partial charge in [0.05, 0.1) is 0 Å². The maximum atomic E-state index is 11.3. The summed E-state index contributed by atoms with van der Waals surface area (Å²) in [7, 11) is 0.